The highest BCUT2D eigenvalue weighted by molar-refractivity contribution is 5.96. The van der Waals surface area contributed by atoms with Gasteiger partial charge in [-0.05, 0) is 26.0 Å². The van der Waals surface area contributed by atoms with Crippen molar-refractivity contribution >= 4 is 11.8 Å². The molecular formula is C13H16O4. The Bertz CT molecular complexity index is 381. The fraction of sp³-hybridized carbons (Fsp3) is 0.385. The molecule has 1 aromatic rings. The molecule has 0 aliphatic carbocycles. The number of ketones is 1. The van der Waals surface area contributed by atoms with Crippen LogP contribution in [0.5, 0.6) is 5.75 Å². The molecular weight excluding hydrogens is 220 g/mol. The second kappa shape index (κ2) is 6.68. The molecule has 17 heavy (non-hydrogen) atoms. The van der Waals surface area contributed by atoms with Gasteiger partial charge in [0.25, 0.3) is 0 Å². The Kier molecular flexibility index (Phi) is 5.20. The maximum Gasteiger partial charge on any atom is 0.313 e. The molecule has 0 N–H and O–H groups in total. The number of carbonyl (C=O) groups excluding carboxylic acids is 2. The molecule has 0 aromatic heterocycles. The number of carbonyl (C=O) groups is 2. The van der Waals surface area contributed by atoms with E-state index in [1.54, 1.807) is 19.1 Å². The SMILES string of the molecule is CCOC(=O)CC(=O)COc1ccc(C)cc1. The van der Waals surface area contributed by atoms with Crippen LogP contribution >= 0.6 is 0 Å². The summed E-state index contributed by atoms with van der Waals surface area (Å²) < 4.78 is 9.91. The molecule has 0 spiro atoms. The fourth-order valence-corrected chi connectivity index (χ4v) is 1.22. The highest BCUT2D eigenvalue weighted by Gasteiger charge is 2.10. The first-order valence-corrected chi connectivity index (χ1v) is 5.48. The van der Waals surface area contributed by atoms with Gasteiger partial charge in [0.05, 0.1) is 6.61 Å². The summed E-state index contributed by atoms with van der Waals surface area (Å²) in [6, 6.07) is 7.36. The third-order valence-electron chi connectivity index (χ3n) is 2.07. The topological polar surface area (TPSA) is 52.6 Å². The van der Waals surface area contributed by atoms with E-state index in [4.69, 9.17) is 4.74 Å². The number of benzene rings is 1. The number of aryl methyl sites for hydroxylation is 1. The minimum Gasteiger partial charge on any atom is -0.486 e. The summed E-state index contributed by atoms with van der Waals surface area (Å²) >= 11 is 0. The summed E-state index contributed by atoms with van der Waals surface area (Å²) in [6.07, 6.45) is -0.236. The van der Waals surface area contributed by atoms with Gasteiger partial charge >= 0.3 is 5.97 Å². The van der Waals surface area contributed by atoms with E-state index in [9.17, 15) is 9.59 Å². The molecule has 0 bridgehead atoms. The van der Waals surface area contributed by atoms with Crippen molar-refractivity contribution in [2.75, 3.05) is 13.2 Å². The van der Waals surface area contributed by atoms with Crippen molar-refractivity contribution in [3.8, 4) is 5.75 Å². The Morgan fingerprint density at radius 1 is 1.18 bits per heavy atom. The van der Waals surface area contributed by atoms with Crippen LogP contribution in [0.3, 0.4) is 0 Å². The van der Waals surface area contributed by atoms with Gasteiger partial charge in [0.1, 0.15) is 18.8 Å². The normalized spacial score (nSPS) is 9.76. The first kappa shape index (κ1) is 13.2. The Hall–Kier alpha value is -1.84. The van der Waals surface area contributed by atoms with Crippen molar-refractivity contribution < 1.29 is 19.1 Å². The van der Waals surface area contributed by atoms with E-state index in [0.29, 0.717) is 5.75 Å². The molecule has 1 aromatic carbocycles. The molecule has 0 heterocycles. The zero-order valence-electron chi connectivity index (χ0n) is 10.1. The first-order chi connectivity index (χ1) is 8.11. The highest BCUT2D eigenvalue weighted by atomic mass is 16.5. The van der Waals surface area contributed by atoms with Gasteiger partial charge in [-0.1, -0.05) is 17.7 Å². The van der Waals surface area contributed by atoms with Gasteiger partial charge in [-0.25, -0.2) is 0 Å². The lowest BCUT2D eigenvalue weighted by Gasteiger charge is -2.05. The molecule has 0 radical (unpaired) electrons. The molecule has 92 valence electrons. The molecule has 0 aliphatic heterocycles. The predicted octanol–water partition coefficient (Wildman–Crippen LogP) is 1.90. The standard InChI is InChI=1S/C13H16O4/c1-3-16-13(15)8-11(14)9-17-12-6-4-10(2)5-7-12/h4-7H,3,8-9H2,1-2H3. The highest BCUT2D eigenvalue weighted by Crippen LogP contribution is 2.11. The second-order valence-electron chi connectivity index (χ2n) is 3.62. The summed E-state index contributed by atoms with van der Waals surface area (Å²) in [5.74, 6) is -0.179. The minimum atomic E-state index is -0.509. The Morgan fingerprint density at radius 2 is 1.82 bits per heavy atom. The molecule has 4 heteroatoms. The molecule has 0 saturated carbocycles. The van der Waals surface area contributed by atoms with E-state index in [0.717, 1.165) is 5.56 Å². The van der Waals surface area contributed by atoms with Gasteiger partial charge in [0.15, 0.2) is 5.78 Å². The number of rotatable bonds is 6. The third kappa shape index (κ3) is 5.15. The molecule has 0 saturated heterocycles. The van der Waals surface area contributed by atoms with Crippen LogP contribution in [0.1, 0.15) is 18.9 Å². The van der Waals surface area contributed by atoms with Crippen molar-refractivity contribution in [3.63, 3.8) is 0 Å². The predicted molar refractivity (Wildman–Crippen MR) is 62.9 cm³/mol. The van der Waals surface area contributed by atoms with E-state index in [-0.39, 0.29) is 25.4 Å². The van der Waals surface area contributed by atoms with Gasteiger partial charge in [0.2, 0.25) is 0 Å². The average molecular weight is 236 g/mol. The van der Waals surface area contributed by atoms with Crippen LogP contribution in [0.2, 0.25) is 0 Å². The number of ether oxygens (including phenoxy) is 2. The maximum absolute atomic E-state index is 11.3. The number of hydrogen-bond acceptors (Lipinski definition) is 4. The lowest BCUT2D eigenvalue weighted by atomic mass is 10.2. The third-order valence-corrected chi connectivity index (χ3v) is 2.07. The Labute approximate surface area is 101 Å². The first-order valence-electron chi connectivity index (χ1n) is 5.48. The molecule has 0 fully saturated rings. The van der Waals surface area contributed by atoms with Crippen LogP contribution in [0.15, 0.2) is 24.3 Å². The van der Waals surface area contributed by atoms with E-state index in [1.807, 2.05) is 19.1 Å². The van der Waals surface area contributed by atoms with E-state index >= 15 is 0 Å². The molecule has 0 atom stereocenters. The van der Waals surface area contributed by atoms with E-state index in [2.05, 4.69) is 4.74 Å². The summed E-state index contributed by atoms with van der Waals surface area (Å²) in [5, 5.41) is 0. The Morgan fingerprint density at radius 3 is 2.41 bits per heavy atom. The summed E-state index contributed by atoms with van der Waals surface area (Å²) in [6.45, 7) is 3.84. The monoisotopic (exact) mass is 236 g/mol. The molecule has 1 rings (SSSR count). The van der Waals surface area contributed by atoms with Crippen LogP contribution in [0.25, 0.3) is 0 Å². The number of esters is 1. The maximum atomic E-state index is 11.3. The Balaban J connectivity index is 2.33. The fourth-order valence-electron chi connectivity index (χ4n) is 1.22. The van der Waals surface area contributed by atoms with Crippen molar-refractivity contribution in [1.29, 1.82) is 0 Å². The van der Waals surface area contributed by atoms with Crippen molar-refractivity contribution in [2.45, 2.75) is 20.3 Å². The molecule has 0 unspecified atom stereocenters. The van der Waals surface area contributed by atoms with Gasteiger partial charge in [-0.15, -0.1) is 0 Å². The average Bonchev–Trinajstić information content (AvgIpc) is 2.28. The molecule has 0 amide bonds. The lowest BCUT2D eigenvalue weighted by molar-refractivity contribution is -0.145. The van der Waals surface area contributed by atoms with Crippen LogP contribution in [0.4, 0.5) is 0 Å². The van der Waals surface area contributed by atoms with Crippen LogP contribution < -0.4 is 4.74 Å². The van der Waals surface area contributed by atoms with Gasteiger partial charge in [-0.3, -0.25) is 9.59 Å². The van der Waals surface area contributed by atoms with Crippen molar-refractivity contribution in [2.24, 2.45) is 0 Å². The van der Waals surface area contributed by atoms with Crippen molar-refractivity contribution in [3.05, 3.63) is 29.8 Å². The number of hydrogen-bond donors (Lipinski definition) is 0. The second-order valence-corrected chi connectivity index (χ2v) is 3.62. The van der Waals surface area contributed by atoms with E-state index < -0.39 is 5.97 Å². The summed E-state index contributed by atoms with van der Waals surface area (Å²) in [4.78, 5) is 22.4. The molecule has 4 nitrogen and oxygen atoms in total. The van der Waals surface area contributed by atoms with Gasteiger partial charge in [0, 0.05) is 0 Å². The summed E-state index contributed by atoms with van der Waals surface area (Å²) in [5.41, 5.74) is 1.12. The minimum absolute atomic E-state index is 0.109. The van der Waals surface area contributed by atoms with Gasteiger partial charge in [-0.2, -0.15) is 0 Å². The zero-order chi connectivity index (χ0) is 12.7. The summed E-state index contributed by atoms with van der Waals surface area (Å²) in [7, 11) is 0. The lowest BCUT2D eigenvalue weighted by Crippen LogP contribution is -2.17. The van der Waals surface area contributed by atoms with Crippen molar-refractivity contribution in [1.82, 2.24) is 0 Å². The van der Waals surface area contributed by atoms with Gasteiger partial charge < -0.3 is 9.47 Å². The quantitative estimate of drug-likeness (QED) is 0.559. The van der Waals surface area contributed by atoms with Crippen LogP contribution in [-0.4, -0.2) is 25.0 Å². The smallest absolute Gasteiger partial charge is 0.313 e. The van der Waals surface area contributed by atoms with Crippen LogP contribution in [0, 0.1) is 6.92 Å². The number of Topliss-reactive ketones (excluding diaryl/α,β-unsaturated/α-hetero) is 1. The zero-order valence-corrected chi connectivity index (χ0v) is 10.1. The molecule has 0 aliphatic rings. The van der Waals surface area contributed by atoms with E-state index in [1.165, 1.54) is 0 Å². The van der Waals surface area contributed by atoms with Crippen LogP contribution in [-0.2, 0) is 14.3 Å². The largest absolute Gasteiger partial charge is 0.486 e.